The predicted octanol–water partition coefficient (Wildman–Crippen LogP) is 4.08. The molecule has 1 saturated carbocycles. The number of ketones is 1. The molecule has 1 aliphatic carbocycles. The number of Topliss-reactive ketones (excluding diaryl/α,β-unsaturated/α-hetero) is 1. The predicted molar refractivity (Wildman–Crippen MR) is 105 cm³/mol. The van der Waals surface area contributed by atoms with Crippen molar-refractivity contribution in [3.05, 3.63) is 28.1 Å². The zero-order chi connectivity index (χ0) is 21.9. The summed E-state index contributed by atoms with van der Waals surface area (Å²) in [6, 6.07) is 0. The van der Waals surface area contributed by atoms with Gasteiger partial charge in [-0.25, -0.2) is 9.48 Å². The second-order valence-electron chi connectivity index (χ2n) is 7.26. The first-order valence-electron chi connectivity index (χ1n) is 9.44. The number of aromatic nitrogens is 3. The SMILES string of the molecule is CCC(=O)Cn1nc(C2CCC(Cl)CC2Cl)n(C(C)N/C=C(\C)C(F)(F)F)c1=O. The number of alkyl halides is 5. The van der Waals surface area contributed by atoms with Gasteiger partial charge in [0.2, 0.25) is 0 Å². The molecule has 4 unspecified atom stereocenters. The molecule has 0 bridgehead atoms. The molecule has 2 rings (SSSR count). The summed E-state index contributed by atoms with van der Waals surface area (Å²) < 4.78 is 40.6. The molecule has 6 nitrogen and oxygen atoms in total. The van der Waals surface area contributed by atoms with Crippen molar-refractivity contribution in [3.63, 3.8) is 0 Å². The van der Waals surface area contributed by atoms with Gasteiger partial charge in [-0.05, 0) is 33.1 Å². The van der Waals surface area contributed by atoms with E-state index in [0.29, 0.717) is 25.1 Å². The van der Waals surface area contributed by atoms with E-state index in [1.54, 1.807) is 13.8 Å². The van der Waals surface area contributed by atoms with E-state index in [9.17, 15) is 22.8 Å². The van der Waals surface area contributed by atoms with Gasteiger partial charge in [-0.1, -0.05) is 6.92 Å². The Hall–Kier alpha value is -1.48. The monoisotopic (exact) mass is 456 g/mol. The van der Waals surface area contributed by atoms with Gasteiger partial charge in [-0.3, -0.25) is 9.36 Å². The summed E-state index contributed by atoms with van der Waals surface area (Å²) in [4.78, 5) is 24.7. The summed E-state index contributed by atoms with van der Waals surface area (Å²) in [7, 11) is 0. The number of halogens is 5. The van der Waals surface area contributed by atoms with Crippen molar-refractivity contribution in [2.24, 2.45) is 0 Å². The summed E-state index contributed by atoms with van der Waals surface area (Å²) in [6.45, 7) is 3.96. The van der Waals surface area contributed by atoms with Crippen molar-refractivity contribution in [2.45, 2.75) is 82.0 Å². The standard InChI is InChI=1S/C18H25Cl2F3N4O2/c1-4-13(28)9-26-17(29)27(11(3)24-8-10(2)18(21,22)23)16(25-26)14-6-5-12(19)7-15(14)20/h8,11-12,14-15,24H,4-7,9H2,1-3H3/b10-8+. The average Bonchev–Trinajstić information content (AvgIpc) is 2.94. The number of rotatable bonds is 7. The fourth-order valence-corrected chi connectivity index (χ4v) is 4.06. The van der Waals surface area contributed by atoms with Gasteiger partial charge in [0.1, 0.15) is 18.5 Å². The molecule has 0 saturated heterocycles. The number of nitrogens with one attached hydrogen (secondary N) is 1. The average molecular weight is 457 g/mol. The Labute approximate surface area is 177 Å². The van der Waals surface area contributed by atoms with E-state index >= 15 is 0 Å². The van der Waals surface area contributed by atoms with Crippen molar-refractivity contribution in [1.82, 2.24) is 19.7 Å². The maximum atomic E-state index is 12.9. The highest BCUT2D eigenvalue weighted by Crippen LogP contribution is 2.38. The number of allylic oxidation sites excluding steroid dienone is 1. The molecule has 4 atom stereocenters. The van der Waals surface area contributed by atoms with Gasteiger partial charge in [0, 0.05) is 34.9 Å². The van der Waals surface area contributed by atoms with E-state index in [4.69, 9.17) is 23.2 Å². The van der Waals surface area contributed by atoms with Crippen molar-refractivity contribution >= 4 is 29.0 Å². The number of nitrogens with zero attached hydrogens (tertiary/aromatic N) is 3. The van der Waals surface area contributed by atoms with Crippen LogP contribution in [0.15, 0.2) is 16.6 Å². The van der Waals surface area contributed by atoms with Crippen LogP contribution in [-0.4, -0.2) is 37.1 Å². The molecule has 0 spiro atoms. The topological polar surface area (TPSA) is 68.9 Å². The molecule has 11 heteroatoms. The summed E-state index contributed by atoms with van der Waals surface area (Å²) in [5.41, 5.74) is -1.40. The largest absolute Gasteiger partial charge is 0.413 e. The fraction of sp³-hybridized carbons (Fsp3) is 0.722. The number of hydrogen-bond acceptors (Lipinski definition) is 4. The Morgan fingerprint density at radius 3 is 2.59 bits per heavy atom. The highest BCUT2D eigenvalue weighted by molar-refractivity contribution is 6.24. The summed E-state index contributed by atoms with van der Waals surface area (Å²) in [5, 5.41) is 6.48. The summed E-state index contributed by atoms with van der Waals surface area (Å²) in [6.07, 6.45) is -2.44. The van der Waals surface area contributed by atoms with Crippen LogP contribution >= 0.6 is 23.2 Å². The molecule has 1 aromatic heterocycles. The van der Waals surface area contributed by atoms with Gasteiger partial charge < -0.3 is 5.32 Å². The smallest absolute Gasteiger partial charge is 0.371 e. The van der Waals surface area contributed by atoms with Gasteiger partial charge in [-0.15, -0.1) is 23.2 Å². The lowest BCUT2D eigenvalue weighted by atomic mass is 9.87. The van der Waals surface area contributed by atoms with Crippen LogP contribution in [0.3, 0.4) is 0 Å². The molecule has 1 heterocycles. The van der Waals surface area contributed by atoms with Gasteiger partial charge in [0.15, 0.2) is 5.78 Å². The zero-order valence-corrected chi connectivity index (χ0v) is 18.0. The first-order chi connectivity index (χ1) is 13.5. The van der Waals surface area contributed by atoms with Crippen LogP contribution in [0.2, 0.25) is 0 Å². The molecule has 1 aliphatic rings. The molecular weight excluding hydrogens is 432 g/mol. The van der Waals surface area contributed by atoms with Crippen LogP contribution in [0.1, 0.15) is 64.4 Å². The molecule has 0 aromatic carbocycles. The minimum atomic E-state index is -4.47. The second-order valence-corrected chi connectivity index (χ2v) is 8.44. The number of carbonyl (C=O) groups is 1. The van der Waals surface area contributed by atoms with E-state index < -0.39 is 23.6 Å². The van der Waals surface area contributed by atoms with Gasteiger partial charge in [0.25, 0.3) is 0 Å². The van der Waals surface area contributed by atoms with Crippen LogP contribution in [0.25, 0.3) is 0 Å². The third kappa shape index (κ3) is 5.78. The minimum absolute atomic E-state index is 0.0782. The molecule has 1 fully saturated rings. The highest BCUT2D eigenvalue weighted by atomic mass is 35.5. The molecular formula is C18H25Cl2F3N4O2. The van der Waals surface area contributed by atoms with Crippen LogP contribution in [0.5, 0.6) is 0 Å². The van der Waals surface area contributed by atoms with Crippen molar-refractivity contribution in [1.29, 1.82) is 0 Å². The molecule has 164 valence electrons. The molecule has 0 amide bonds. The van der Waals surface area contributed by atoms with E-state index in [1.165, 1.54) is 4.57 Å². The zero-order valence-electron chi connectivity index (χ0n) is 16.5. The van der Waals surface area contributed by atoms with E-state index in [2.05, 4.69) is 10.4 Å². The molecule has 0 radical (unpaired) electrons. The molecule has 0 aliphatic heterocycles. The highest BCUT2D eigenvalue weighted by Gasteiger charge is 2.35. The quantitative estimate of drug-likeness (QED) is 0.627. The van der Waals surface area contributed by atoms with Gasteiger partial charge in [0.05, 0.1) is 0 Å². The van der Waals surface area contributed by atoms with E-state index in [1.807, 2.05) is 0 Å². The number of hydrogen-bond donors (Lipinski definition) is 1. The lowest BCUT2D eigenvalue weighted by Crippen LogP contribution is -2.35. The first kappa shape index (κ1) is 23.8. The lowest BCUT2D eigenvalue weighted by Gasteiger charge is -2.30. The summed E-state index contributed by atoms with van der Waals surface area (Å²) >= 11 is 12.6. The minimum Gasteiger partial charge on any atom is -0.371 e. The Morgan fingerprint density at radius 2 is 2.03 bits per heavy atom. The van der Waals surface area contributed by atoms with E-state index in [-0.39, 0.29) is 35.4 Å². The maximum Gasteiger partial charge on any atom is 0.413 e. The summed E-state index contributed by atoms with van der Waals surface area (Å²) in [5.74, 6) is -0.126. The molecule has 1 N–H and O–H groups in total. The Balaban J connectivity index is 2.42. The van der Waals surface area contributed by atoms with Crippen molar-refractivity contribution in [2.75, 3.05) is 0 Å². The van der Waals surface area contributed by atoms with Gasteiger partial charge >= 0.3 is 11.9 Å². The third-order valence-electron chi connectivity index (χ3n) is 5.03. The van der Waals surface area contributed by atoms with Crippen LogP contribution in [-0.2, 0) is 11.3 Å². The van der Waals surface area contributed by atoms with E-state index in [0.717, 1.165) is 17.8 Å². The Kier molecular flexibility index (Phi) is 7.84. The Bertz CT molecular complexity index is 819. The van der Waals surface area contributed by atoms with Crippen LogP contribution in [0.4, 0.5) is 13.2 Å². The van der Waals surface area contributed by atoms with Crippen LogP contribution in [0, 0.1) is 0 Å². The van der Waals surface area contributed by atoms with Gasteiger partial charge in [-0.2, -0.15) is 18.3 Å². The fourth-order valence-electron chi connectivity index (χ4n) is 3.20. The number of carbonyl (C=O) groups excluding carboxylic acids is 1. The lowest BCUT2D eigenvalue weighted by molar-refractivity contribution is -0.119. The normalized spacial score (nSPS) is 24.4. The molecule has 1 aromatic rings. The first-order valence-corrected chi connectivity index (χ1v) is 10.3. The third-order valence-corrected chi connectivity index (χ3v) is 5.91. The van der Waals surface area contributed by atoms with Crippen molar-refractivity contribution < 1.29 is 18.0 Å². The van der Waals surface area contributed by atoms with Crippen LogP contribution < -0.4 is 11.0 Å². The van der Waals surface area contributed by atoms with Crippen molar-refractivity contribution in [3.8, 4) is 0 Å². The second kappa shape index (κ2) is 9.55. The Morgan fingerprint density at radius 1 is 1.38 bits per heavy atom. The maximum absolute atomic E-state index is 12.9. The molecule has 29 heavy (non-hydrogen) atoms.